The largest absolute Gasteiger partial charge is 0.463 e. The van der Waals surface area contributed by atoms with Crippen LogP contribution in [0.2, 0.25) is 5.15 Å². The molecular formula is C14H16ClN5O2. The summed E-state index contributed by atoms with van der Waals surface area (Å²) in [5.41, 5.74) is 7.55. The Bertz CT molecular complexity index is 755. The van der Waals surface area contributed by atoms with Crippen molar-refractivity contribution in [1.82, 2.24) is 19.5 Å². The van der Waals surface area contributed by atoms with Gasteiger partial charge in [0.15, 0.2) is 10.8 Å². The van der Waals surface area contributed by atoms with E-state index in [-0.39, 0.29) is 23.1 Å². The molecule has 0 aliphatic heterocycles. The first-order chi connectivity index (χ1) is 10.6. The van der Waals surface area contributed by atoms with Crippen LogP contribution >= 0.6 is 11.6 Å². The van der Waals surface area contributed by atoms with Crippen LogP contribution in [-0.4, -0.2) is 32.1 Å². The summed E-state index contributed by atoms with van der Waals surface area (Å²) < 4.78 is 6.97. The predicted molar refractivity (Wildman–Crippen MR) is 82.3 cm³/mol. The summed E-state index contributed by atoms with van der Waals surface area (Å²) in [7, 11) is 0. The quantitative estimate of drug-likeness (QED) is 0.688. The molecule has 1 unspecified atom stereocenters. The Labute approximate surface area is 132 Å². The Morgan fingerprint density at radius 1 is 1.55 bits per heavy atom. The topological polar surface area (TPSA) is 95.9 Å². The van der Waals surface area contributed by atoms with Gasteiger partial charge < -0.3 is 15.0 Å². The van der Waals surface area contributed by atoms with Crippen LogP contribution in [-0.2, 0) is 9.53 Å². The number of rotatable bonds is 3. The molecule has 2 aromatic rings. The van der Waals surface area contributed by atoms with Crippen LogP contribution in [0.1, 0.15) is 32.2 Å². The number of carbonyl (C=O) groups excluding carboxylic acids is 1. The Kier molecular flexibility index (Phi) is 3.98. The summed E-state index contributed by atoms with van der Waals surface area (Å²) in [6.45, 7) is 2.19. The number of nitrogen functional groups attached to an aromatic ring is 1. The number of hydrogen-bond acceptors (Lipinski definition) is 6. The summed E-state index contributed by atoms with van der Waals surface area (Å²) in [6, 6.07) is 0.161. The van der Waals surface area contributed by atoms with E-state index < -0.39 is 0 Å². The Morgan fingerprint density at radius 3 is 3.05 bits per heavy atom. The lowest BCUT2D eigenvalue weighted by Gasteiger charge is -2.22. The van der Waals surface area contributed by atoms with Gasteiger partial charge in [0.2, 0.25) is 5.95 Å². The third-order valence-electron chi connectivity index (χ3n) is 3.71. The number of ether oxygens (including phenoxy) is 1. The molecule has 2 N–H and O–H groups in total. The molecule has 0 spiro atoms. The maximum atomic E-state index is 11.7. The minimum absolute atomic E-state index is 0.123. The van der Waals surface area contributed by atoms with Crippen LogP contribution in [0.3, 0.4) is 0 Å². The normalized spacial score (nSPS) is 18.3. The van der Waals surface area contributed by atoms with Crippen LogP contribution in [0.15, 0.2) is 18.0 Å². The van der Waals surface area contributed by atoms with Crippen molar-refractivity contribution in [2.24, 2.45) is 0 Å². The van der Waals surface area contributed by atoms with Gasteiger partial charge in [-0.1, -0.05) is 17.7 Å². The number of nitrogens with zero attached hydrogens (tertiary/aromatic N) is 4. The maximum absolute atomic E-state index is 11.7. The number of imidazole rings is 1. The summed E-state index contributed by atoms with van der Waals surface area (Å²) in [6.07, 6.45) is 5.79. The standard InChI is InChI=1S/C14H16ClN5O2/c1-2-22-13(21)8-3-5-9(6-4-8)20-7-17-10-11(15)18-14(16)19-12(10)20/h3,7,9H,2,4-6H2,1H3,(H2,16,18,19). The smallest absolute Gasteiger partial charge is 0.333 e. The monoisotopic (exact) mass is 321 g/mol. The van der Waals surface area contributed by atoms with Crippen molar-refractivity contribution in [2.75, 3.05) is 12.3 Å². The average Bonchev–Trinajstić information content (AvgIpc) is 2.91. The Balaban J connectivity index is 1.86. The van der Waals surface area contributed by atoms with E-state index in [1.165, 1.54) is 0 Å². The first-order valence-corrected chi connectivity index (χ1v) is 7.49. The molecule has 2 aromatic heterocycles. The van der Waals surface area contributed by atoms with Gasteiger partial charge in [-0.05, 0) is 26.2 Å². The van der Waals surface area contributed by atoms with Gasteiger partial charge in [0.1, 0.15) is 5.52 Å². The fourth-order valence-electron chi connectivity index (χ4n) is 2.65. The van der Waals surface area contributed by atoms with Crippen molar-refractivity contribution in [1.29, 1.82) is 0 Å². The van der Waals surface area contributed by atoms with Gasteiger partial charge >= 0.3 is 5.97 Å². The van der Waals surface area contributed by atoms with Crippen LogP contribution < -0.4 is 5.73 Å². The van der Waals surface area contributed by atoms with E-state index in [0.29, 0.717) is 30.6 Å². The molecule has 0 saturated carbocycles. The molecule has 1 aliphatic carbocycles. The van der Waals surface area contributed by atoms with E-state index in [4.69, 9.17) is 22.1 Å². The predicted octanol–water partition coefficient (Wildman–Crippen LogP) is 2.28. The SMILES string of the molecule is CCOC(=O)C1=CCC(n2cnc3c(Cl)nc(N)nc32)CC1. The van der Waals surface area contributed by atoms with Crippen LogP contribution in [0, 0.1) is 0 Å². The van der Waals surface area contributed by atoms with Crippen LogP contribution in [0.25, 0.3) is 11.2 Å². The van der Waals surface area contributed by atoms with Gasteiger partial charge in [0.25, 0.3) is 0 Å². The summed E-state index contributed by atoms with van der Waals surface area (Å²) in [5.74, 6) is -0.108. The highest BCUT2D eigenvalue weighted by Gasteiger charge is 2.23. The molecule has 1 atom stereocenters. The highest BCUT2D eigenvalue weighted by molar-refractivity contribution is 6.33. The molecule has 0 radical (unpaired) electrons. The van der Waals surface area contributed by atoms with Crippen LogP contribution in [0.4, 0.5) is 5.95 Å². The summed E-state index contributed by atoms with van der Waals surface area (Å²) in [4.78, 5) is 24.1. The Hall–Kier alpha value is -2.15. The molecule has 8 heteroatoms. The number of esters is 1. The van der Waals surface area contributed by atoms with Crippen molar-refractivity contribution in [3.63, 3.8) is 0 Å². The highest BCUT2D eigenvalue weighted by Crippen LogP contribution is 2.31. The summed E-state index contributed by atoms with van der Waals surface area (Å²) in [5, 5.41) is 0.250. The minimum Gasteiger partial charge on any atom is -0.463 e. The highest BCUT2D eigenvalue weighted by atomic mass is 35.5. The zero-order valence-corrected chi connectivity index (χ0v) is 12.9. The lowest BCUT2D eigenvalue weighted by atomic mass is 9.95. The molecule has 0 fully saturated rings. The van der Waals surface area contributed by atoms with E-state index in [9.17, 15) is 4.79 Å². The lowest BCUT2D eigenvalue weighted by Crippen LogP contribution is -2.16. The molecule has 1 aliphatic rings. The van der Waals surface area contributed by atoms with E-state index >= 15 is 0 Å². The van der Waals surface area contributed by atoms with Gasteiger partial charge in [-0.25, -0.2) is 9.78 Å². The number of carbonyl (C=O) groups is 1. The number of allylic oxidation sites excluding steroid dienone is 1. The number of aromatic nitrogens is 4. The molecule has 22 heavy (non-hydrogen) atoms. The first-order valence-electron chi connectivity index (χ1n) is 7.11. The van der Waals surface area contributed by atoms with Gasteiger partial charge in [-0.15, -0.1) is 0 Å². The molecular weight excluding hydrogens is 306 g/mol. The average molecular weight is 322 g/mol. The fraction of sp³-hybridized carbons (Fsp3) is 0.429. The molecule has 0 amide bonds. The van der Waals surface area contributed by atoms with Crippen molar-refractivity contribution >= 4 is 34.7 Å². The zero-order valence-electron chi connectivity index (χ0n) is 12.1. The molecule has 7 nitrogen and oxygen atoms in total. The van der Waals surface area contributed by atoms with Gasteiger partial charge in [-0.2, -0.15) is 9.97 Å². The number of hydrogen-bond donors (Lipinski definition) is 1. The third kappa shape index (κ3) is 2.64. The molecule has 3 rings (SSSR count). The maximum Gasteiger partial charge on any atom is 0.333 e. The van der Waals surface area contributed by atoms with E-state index in [2.05, 4.69) is 15.0 Å². The van der Waals surface area contributed by atoms with Gasteiger partial charge in [-0.3, -0.25) is 0 Å². The van der Waals surface area contributed by atoms with Crippen molar-refractivity contribution in [3.8, 4) is 0 Å². The zero-order chi connectivity index (χ0) is 15.7. The Morgan fingerprint density at radius 2 is 2.36 bits per heavy atom. The van der Waals surface area contributed by atoms with E-state index in [0.717, 1.165) is 12.0 Å². The van der Waals surface area contributed by atoms with Crippen molar-refractivity contribution in [3.05, 3.63) is 23.1 Å². The lowest BCUT2D eigenvalue weighted by molar-refractivity contribution is -0.138. The molecule has 0 saturated heterocycles. The number of halogens is 1. The van der Waals surface area contributed by atoms with E-state index in [1.54, 1.807) is 13.3 Å². The first kappa shape index (κ1) is 14.8. The third-order valence-corrected chi connectivity index (χ3v) is 3.97. The molecule has 0 aromatic carbocycles. The minimum atomic E-state index is -0.231. The van der Waals surface area contributed by atoms with Crippen molar-refractivity contribution in [2.45, 2.75) is 32.2 Å². The van der Waals surface area contributed by atoms with Gasteiger partial charge in [0, 0.05) is 11.6 Å². The number of anilines is 1. The van der Waals surface area contributed by atoms with Crippen LogP contribution in [0.5, 0.6) is 0 Å². The second kappa shape index (κ2) is 5.92. The fourth-order valence-corrected chi connectivity index (χ4v) is 2.87. The molecule has 116 valence electrons. The molecule has 2 heterocycles. The van der Waals surface area contributed by atoms with E-state index in [1.807, 2.05) is 10.6 Å². The van der Waals surface area contributed by atoms with Gasteiger partial charge in [0.05, 0.1) is 12.9 Å². The summed E-state index contributed by atoms with van der Waals surface area (Å²) >= 11 is 6.03. The second-order valence-electron chi connectivity index (χ2n) is 5.07. The number of nitrogens with two attached hydrogens (primary N) is 1. The number of fused-ring (bicyclic) bond motifs is 1. The molecule has 0 bridgehead atoms. The van der Waals surface area contributed by atoms with Crippen molar-refractivity contribution < 1.29 is 9.53 Å². The second-order valence-corrected chi connectivity index (χ2v) is 5.43.